The van der Waals surface area contributed by atoms with Crippen molar-refractivity contribution < 1.29 is 9.47 Å². The highest BCUT2D eigenvalue weighted by atomic mass is 16.5. The van der Waals surface area contributed by atoms with Crippen LogP contribution >= 0.6 is 0 Å². The summed E-state index contributed by atoms with van der Waals surface area (Å²) in [5, 5.41) is 3.38. The van der Waals surface area contributed by atoms with Crippen molar-refractivity contribution in [3.8, 4) is 0 Å². The molecule has 0 bridgehead atoms. The van der Waals surface area contributed by atoms with Gasteiger partial charge in [0.15, 0.2) is 17.0 Å². The minimum atomic E-state index is -0.0278. The molecule has 1 unspecified atom stereocenters. The molecule has 5 rings (SSSR count). The molecule has 2 aliphatic heterocycles. The van der Waals surface area contributed by atoms with Crippen molar-refractivity contribution in [2.45, 2.75) is 25.5 Å². The Labute approximate surface area is 162 Å². The van der Waals surface area contributed by atoms with Crippen LogP contribution in [-0.2, 0) is 9.47 Å². The number of fused-ring (bicyclic) bond motifs is 1. The third-order valence-electron chi connectivity index (χ3n) is 5.11. The van der Waals surface area contributed by atoms with Crippen molar-refractivity contribution in [1.29, 1.82) is 0 Å². The minimum absolute atomic E-state index is 0.0278. The Morgan fingerprint density at radius 3 is 2.68 bits per heavy atom. The van der Waals surface area contributed by atoms with Crippen LogP contribution in [0.3, 0.4) is 0 Å². The highest BCUT2D eigenvalue weighted by Gasteiger charge is 2.23. The summed E-state index contributed by atoms with van der Waals surface area (Å²) in [5.74, 6) is 1.37. The monoisotopic (exact) mass is 381 g/mol. The van der Waals surface area contributed by atoms with E-state index in [1.165, 1.54) is 0 Å². The largest absolute Gasteiger partial charge is 0.378 e. The summed E-state index contributed by atoms with van der Waals surface area (Å²) in [7, 11) is 0. The molecule has 0 aliphatic carbocycles. The predicted molar refractivity (Wildman–Crippen MR) is 105 cm³/mol. The fourth-order valence-electron chi connectivity index (χ4n) is 3.62. The fourth-order valence-corrected chi connectivity index (χ4v) is 3.62. The number of nitrogens with one attached hydrogen (secondary N) is 1. The van der Waals surface area contributed by atoms with Crippen LogP contribution in [0.2, 0.25) is 0 Å². The molecule has 9 heteroatoms. The summed E-state index contributed by atoms with van der Waals surface area (Å²) in [6.45, 7) is 3.68. The molecule has 0 aromatic carbocycles. The molecule has 1 N–H and O–H groups in total. The molecule has 0 radical (unpaired) electrons. The summed E-state index contributed by atoms with van der Waals surface area (Å²) >= 11 is 0. The smallest absolute Gasteiger partial charge is 0.229 e. The summed E-state index contributed by atoms with van der Waals surface area (Å²) in [6.07, 6.45) is 8.50. The highest BCUT2D eigenvalue weighted by molar-refractivity contribution is 5.86. The lowest BCUT2D eigenvalue weighted by Crippen LogP contribution is -2.37. The van der Waals surface area contributed by atoms with E-state index in [4.69, 9.17) is 19.4 Å². The van der Waals surface area contributed by atoms with Crippen LogP contribution in [0, 0.1) is 0 Å². The molecule has 5 heterocycles. The Morgan fingerprint density at radius 1 is 1.04 bits per heavy atom. The fraction of sp³-hybridized carbons (Fsp3) is 0.474. The molecule has 0 amide bonds. The number of ether oxygens (including phenoxy) is 2. The van der Waals surface area contributed by atoms with Crippen molar-refractivity contribution in [3.05, 3.63) is 30.9 Å². The molecular weight excluding hydrogens is 358 g/mol. The molecule has 0 spiro atoms. The zero-order chi connectivity index (χ0) is 18.8. The maximum atomic E-state index is 5.97. The van der Waals surface area contributed by atoms with Crippen LogP contribution in [0.5, 0.6) is 0 Å². The predicted octanol–water partition coefficient (Wildman–Crippen LogP) is 2.50. The molecule has 0 saturated carbocycles. The zero-order valence-electron chi connectivity index (χ0n) is 15.6. The molecule has 28 heavy (non-hydrogen) atoms. The number of morpholine rings is 1. The Hall–Kier alpha value is -2.78. The van der Waals surface area contributed by atoms with E-state index in [-0.39, 0.29) is 6.23 Å². The van der Waals surface area contributed by atoms with Crippen LogP contribution < -0.4 is 10.2 Å². The second-order valence-electron chi connectivity index (χ2n) is 6.98. The van der Waals surface area contributed by atoms with E-state index >= 15 is 0 Å². The van der Waals surface area contributed by atoms with Crippen molar-refractivity contribution in [1.82, 2.24) is 24.5 Å². The van der Waals surface area contributed by atoms with Crippen LogP contribution in [0.25, 0.3) is 11.2 Å². The van der Waals surface area contributed by atoms with Gasteiger partial charge in [0.1, 0.15) is 6.23 Å². The van der Waals surface area contributed by atoms with Gasteiger partial charge in [0, 0.05) is 37.8 Å². The second kappa shape index (κ2) is 7.69. The van der Waals surface area contributed by atoms with E-state index in [1.807, 2.05) is 23.0 Å². The maximum absolute atomic E-state index is 5.97. The number of imidazole rings is 1. The van der Waals surface area contributed by atoms with Gasteiger partial charge in [-0.25, -0.2) is 4.98 Å². The van der Waals surface area contributed by atoms with Gasteiger partial charge in [-0.05, 0) is 31.4 Å². The first-order chi connectivity index (χ1) is 13.9. The van der Waals surface area contributed by atoms with E-state index in [0.717, 1.165) is 55.8 Å². The minimum Gasteiger partial charge on any atom is -0.378 e. The quantitative estimate of drug-likeness (QED) is 0.737. The average molecular weight is 381 g/mol. The highest BCUT2D eigenvalue weighted by Crippen LogP contribution is 2.30. The van der Waals surface area contributed by atoms with Crippen LogP contribution in [0.1, 0.15) is 25.5 Å². The zero-order valence-corrected chi connectivity index (χ0v) is 15.6. The Kier molecular flexibility index (Phi) is 4.76. The lowest BCUT2D eigenvalue weighted by molar-refractivity contribution is -0.0298. The van der Waals surface area contributed by atoms with Gasteiger partial charge in [-0.3, -0.25) is 9.55 Å². The molecule has 3 aromatic heterocycles. The van der Waals surface area contributed by atoms with Crippen molar-refractivity contribution in [3.63, 3.8) is 0 Å². The number of aromatic nitrogens is 5. The van der Waals surface area contributed by atoms with Crippen LogP contribution in [-0.4, -0.2) is 57.4 Å². The van der Waals surface area contributed by atoms with Gasteiger partial charge in [0.2, 0.25) is 5.95 Å². The Bertz CT molecular complexity index is 934. The molecule has 3 aromatic rings. The van der Waals surface area contributed by atoms with E-state index in [2.05, 4.69) is 20.2 Å². The van der Waals surface area contributed by atoms with Gasteiger partial charge >= 0.3 is 0 Å². The Morgan fingerprint density at radius 2 is 1.89 bits per heavy atom. The molecule has 146 valence electrons. The third-order valence-corrected chi connectivity index (χ3v) is 5.11. The number of rotatable bonds is 4. The molecule has 2 saturated heterocycles. The van der Waals surface area contributed by atoms with Gasteiger partial charge in [-0.15, -0.1) is 0 Å². The first kappa shape index (κ1) is 17.3. The number of pyridine rings is 1. The lowest BCUT2D eigenvalue weighted by atomic mass is 10.2. The van der Waals surface area contributed by atoms with Gasteiger partial charge in [-0.2, -0.15) is 9.97 Å². The van der Waals surface area contributed by atoms with Crippen molar-refractivity contribution in [2.75, 3.05) is 43.1 Å². The second-order valence-corrected chi connectivity index (χ2v) is 6.98. The van der Waals surface area contributed by atoms with E-state index < -0.39 is 0 Å². The number of nitrogens with zero attached hydrogens (tertiary/aromatic N) is 6. The molecule has 2 aliphatic rings. The lowest BCUT2D eigenvalue weighted by Gasteiger charge is -2.28. The number of hydrogen-bond acceptors (Lipinski definition) is 8. The SMILES string of the molecule is c1cc(Nc2nc(N3CCOCC3)nc3c2ncn3C2CCCCO2)ccn1. The van der Waals surface area contributed by atoms with Crippen LogP contribution in [0.15, 0.2) is 30.9 Å². The van der Waals surface area contributed by atoms with Crippen LogP contribution in [0.4, 0.5) is 17.5 Å². The summed E-state index contributed by atoms with van der Waals surface area (Å²) in [5.41, 5.74) is 2.44. The topological polar surface area (TPSA) is 90.2 Å². The summed E-state index contributed by atoms with van der Waals surface area (Å²) in [4.78, 5) is 20.5. The van der Waals surface area contributed by atoms with E-state index in [9.17, 15) is 0 Å². The maximum Gasteiger partial charge on any atom is 0.229 e. The summed E-state index contributed by atoms with van der Waals surface area (Å²) < 4.78 is 13.5. The number of anilines is 3. The standard InChI is InChI=1S/C19H23N7O2/c1-2-10-28-15(3-1)26-13-21-16-17(22-14-4-6-20-7-5-14)23-19(24-18(16)26)25-8-11-27-12-9-25/h4-7,13,15H,1-3,8-12H2,(H,20,22,23,24). The van der Waals surface area contributed by atoms with Gasteiger partial charge in [0.05, 0.1) is 19.5 Å². The normalized spacial score (nSPS) is 20.4. The average Bonchev–Trinajstić information content (AvgIpc) is 3.20. The van der Waals surface area contributed by atoms with E-state index in [1.54, 1.807) is 12.4 Å². The summed E-state index contributed by atoms with van der Waals surface area (Å²) in [6, 6.07) is 3.81. The van der Waals surface area contributed by atoms with E-state index in [0.29, 0.717) is 25.0 Å². The van der Waals surface area contributed by atoms with Gasteiger partial charge < -0.3 is 19.7 Å². The molecule has 1 atom stereocenters. The van der Waals surface area contributed by atoms with Gasteiger partial charge in [-0.1, -0.05) is 0 Å². The van der Waals surface area contributed by atoms with Gasteiger partial charge in [0.25, 0.3) is 0 Å². The van der Waals surface area contributed by atoms with Crippen molar-refractivity contribution in [2.24, 2.45) is 0 Å². The van der Waals surface area contributed by atoms with Crippen molar-refractivity contribution >= 4 is 28.6 Å². The first-order valence-electron chi connectivity index (χ1n) is 9.74. The molecule has 9 nitrogen and oxygen atoms in total. The molecule has 2 fully saturated rings. The third kappa shape index (κ3) is 3.38. The molecular formula is C19H23N7O2. The Balaban J connectivity index is 1.58. The number of hydrogen-bond donors (Lipinski definition) is 1. The first-order valence-corrected chi connectivity index (χ1v) is 9.74.